The molecule has 0 amide bonds. The van der Waals surface area contributed by atoms with Crippen molar-refractivity contribution in [1.29, 1.82) is 0 Å². The van der Waals surface area contributed by atoms with Crippen LogP contribution in [0.2, 0.25) is 0 Å². The third kappa shape index (κ3) is 2.16. The van der Waals surface area contributed by atoms with Crippen LogP contribution >= 0.6 is 0 Å². The van der Waals surface area contributed by atoms with E-state index in [1.807, 2.05) is 18.2 Å². The van der Waals surface area contributed by atoms with Crippen molar-refractivity contribution in [3.63, 3.8) is 0 Å². The zero-order valence-corrected chi connectivity index (χ0v) is 10.6. The molecule has 0 aliphatic heterocycles. The van der Waals surface area contributed by atoms with Gasteiger partial charge in [0.2, 0.25) is 0 Å². The van der Waals surface area contributed by atoms with Crippen LogP contribution in [0.4, 0.5) is 10.1 Å². The molecule has 0 heterocycles. The average Bonchev–Trinajstić information content (AvgIpc) is 2.39. The highest BCUT2D eigenvalue weighted by Crippen LogP contribution is 2.45. The van der Waals surface area contributed by atoms with E-state index in [2.05, 4.69) is 12.1 Å². The van der Waals surface area contributed by atoms with E-state index in [1.54, 1.807) is 12.1 Å². The first-order valence-corrected chi connectivity index (χ1v) is 6.49. The zero-order chi connectivity index (χ0) is 13.3. The Morgan fingerprint density at radius 1 is 1.05 bits per heavy atom. The van der Waals surface area contributed by atoms with Gasteiger partial charge in [0.1, 0.15) is 17.2 Å². The second-order valence-electron chi connectivity index (χ2n) is 5.00. The lowest BCUT2D eigenvalue weighted by molar-refractivity contribution is -0.0121. The molecule has 0 bridgehead atoms. The van der Waals surface area contributed by atoms with Crippen molar-refractivity contribution in [2.24, 2.45) is 0 Å². The minimum absolute atomic E-state index is 0.125. The van der Waals surface area contributed by atoms with Crippen LogP contribution in [0, 0.1) is 5.82 Å². The molecular formula is C16H16FNO. The molecule has 0 atom stereocenters. The molecule has 1 aliphatic carbocycles. The predicted octanol–water partition coefficient (Wildman–Crippen LogP) is 3.87. The average molecular weight is 257 g/mol. The summed E-state index contributed by atoms with van der Waals surface area (Å²) in [5.74, 6) is 0.220. The van der Waals surface area contributed by atoms with Crippen molar-refractivity contribution >= 4 is 5.69 Å². The smallest absolute Gasteiger partial charge is 0.146 e. The fourth-order valence-corrected chi connectivity index (χ4v) is 2.50. The highest BCUT2D eigenvalue weighted by molar-refractivity contribution is 5.45. The second kappa shape index (κ2) is 4.57. The first-order chi connectivity index (χ1) is 9.20. The lowest BCUT2D eigenvalue weighted by Gasteiger charge is -2.42. The molecule has 0 unspecified atom stereocenters. The fraction of sp³-hybridized carbons (Fsp3) is 0.250. The molecule has 2 aromatic carbocycles. The van der Waals surface area contributed by atoms with E-state index in [-0.39, 0.29) is 11.3 Å². The third-order valence-corrected chi connectivity index (χ3v) is 3.74. The third-order valence-electron chi connectivity index (χ3n) is 3.74. The Bertz CT molecular complexity index is 579. The Balaban J connectivity index is 1.89. The summed E-state index contributed by atoms with van der Waals surface area (Å²) in [6, 6.07) is 14.7. The Hall–Kier alpha value is -2.03. The van der Waals surface area contributed by atoms with Crippen LogP contribution in [0.15, 0.2) is 48.5 Å². The molecule has 2 N–H and O–H groups in total. The molecule has 98 valence electrons. The second-order valence-corrected chi connectivity index (χ2v) is 5.00. The van der Waals surface area contributed by atoms with Crippen LogP contribution in [-0.2, 0) is 5.60 Å². The highest BCUT2D eigenvalue weighted by atomic mass is 19.1. The summed E-state index contributed by atoms with van der Waals surface area (Å²) >= 11 is 0. The summed E-state index contributed by atoms with van der Waals surface area (Å²) in [6.07, 6.45) is 3.11. The van der Waals surface area contributed by atoms with Gasteiger partial charge in [-0.3, -0.25) is 0 Å². The van der Waals surface area contributed by atoms with Gasteiger partial charge < -0.3 is 10.5 Å². The first kappa shape index (κ1) is 12.0. The van der Waals surface area contributed by atoms with Crippen molar-refractivity contribution in [2.75, 3.05) is 5.73 Å². The molecule has 0 spiro atoms. The maximum atomic E-state index is 13.2. The molecule has 3 rings (SSSR count). The highest BCUT2D eigenvalue weighted by Gasteiger charge is 2.41. The minimum Gasteiger partial charge on any atom is -0.483 e. The molecule has 1 aliphatic rings. The van der Waals surface area contributed by atoms with Crippen LogP contribution < -0.4 is 10.5 Å². The molecule has 0 saturated heterocycles. The maximum absolute atomic E-state index is 13.2. The number of anilines is 1. The van der Waals surface area contributed by atoms with Gasteiger partial charge in [0.05, 0.1) is 5.69 Å². The number of benzene rings is 2. The quantitative estimate of drug-likeness (QED) is 0.847. The van der Waals surface area contributed by atoms with Crippen molar-refractivity contribution < 1.29 is 9.13 Å². The van der Waals surface area contributed by atoms with Gasteiger partial charge in [-0.2, -0.15) is 0 Å². The van der Waals surface area contributed by atoms with Gasteiger partial charge in [0.25, 0.3) is 0 Å². The van der Waals surface area contributed by atoms with E-state index in [0.717, 1.165) is 19.3 Å². The van der Waals surface area contributed by atoms with Crippen LogP contribution in [0.1, 0.15) is 24.8 Å². The van der Waals surface area contributed by atoms with E-state index in [0.29, 0.717) is 5.75 Å². The topological polar surface area (TPSA) is 35.2 Å². The van der Waals surface area contributed by atoms with Gasteiger partial charge >= 0.3 is 0 Å². The Kier molecular flexibility index (Phi) is 2.90. The number of hydrogen-bond donors (Lipinski definition) is 1. The van der Waals surface area contributed by atoms with E-state index >= 15 is 0 Å². The number of nitrogens with two attached hydrogens (primary N) is 1. The van der Waals surface area contributed by atoms with Gasteiger partial charge in [-0.05, 0) is 37.0 Å². The summed E-state index contributed by atoms with van der Waals surface area (Å²) in [5, 5.41) is 0. The SMILES string of the molecule is Nc1cc(OC2(c3ccccc3)CCC2)ccc1F. The number of halogens is 1. The summed E-state index contributed by atoms with van der Waals surface area (Å²) in [4.78, 5) is 0. The standard InChI is InChI=1S/C16H16FNO/c17-14-8-7-13(11-15(14)18)19-16(9-4-10-16)12-5-2-1-3-6-12/h1-3,5-8,11H,4,9-10,18H2. The van der Waals surface area contributed by atoms with Crippen LogP contribution in [0.3, 0.4) is 0 Å². The Morgan fingerprint density at radius 3 is 2.37 bits per heavy atom. The number of ether oxygens (including phenoxy) is 1. The summed E-state index contributed by atoms with van der Waals surface area (Å²) in [6.45, 7) is 0. The van der Waals surface area contributed by atoms with E-state index in [4.69, 9.17) is 10.5 Å². The Morgan fingerprint density at radius 2 is 1.79 bits per heavy atom. The van der Waals surface area contributed by atoms with Gasteiger partial charge in [0.15, 0.2) is 0 Å². The van der Waals surface area contributed by atoms with Crippen LogP contribution in [0.5, 0.6) is 5.75 Å². The van der Waals surface area contributed by atoms with Gasteiger partial charge in [-0.15, -0.1) is 0 Å². The predicted molar refractivity (Wildman–Crippen MR) is 73.4 cm³/mol. The summed E-state index contributed by atoms with van der Waals surface area (Å²) in [7, 11) is 0. The molecule has 19 heavy (non-hydrogen) atoms. The number of rotatable bonds is 3. The van der Waals surface area contributed by atoms with E-state index in [9.17, 15) is 4.39 Å². The molecule has 2 nitrogen and oxygen atoms in total. The van der Waals surface area contributed by atoms with E-state index in [1.165, 1.54) is 11.6 Å². The molecule has 2 aromatic rings. The molecule has 0 aromatic heterocycles. The molecule has 1 saturated carbocycles. The maximum Gasteiger partial charge on any atom is 0.146 e. The minimum atomic E-state index is -0.408. The zero-order valence-electron chi connectivity index (χ0n) is 10.6. The van der Waals surface area contributed by atoms with Gasteiger partial charge in [-0.1, -0.05) is 30.3 Å². The number of nitrogen functional groups attached to an aromatic ring is 1. The van der Waals surface area contributed by atoms with Gasteiger partial charge in [0, 0.05) is 6.07 Å². The van der Waals surface area contributed by atoms with Crippen LogP contribution in [-0.4, -0.2) is 0 Å². The molecular weight excluding hydrogens is 241 g/mol. The fourth-order valence-electron chi connectivity index (χ4n) is 2.50. The van der Waals surface area contributed by atoms with Crippen molar-refractivity contribution in [3.05, 3.63) is 59.9 Å². The summed E-state index contributed by atoms with van der Waals surface area (Å²) in [5.41, 5.74) is 6.61. The normalized spacial score (nSPS) is 16.7. The monoisotopic (exact) mass is 257 g/mol. The number of hydrogen-bond acceptors (Lipinski definition) is 2. The molecule has 1 fully saturated rings. The lowest BCUT2D eigenvalue weighted by atomic mass is 9.75. The Labute approximate surface area is 112 Å². The largest absolute Gasteiger partial charge is 0.483 e. The lowest BCUT2D eigenvalue weighted by Crippen LogP contribution is -2.40. The van der Waals surface area contributed by atoms with E-state index < -0.39 is 5.82 Å². The van der Waals surface area contributed by atoms with Crippen LogP contribution in [0.25, 0.3) is 0 Å². The van der Waals surface area contributed by atoms with Crippen molar-refractivity contribution in [3.8, 4) is 5.75 Å². The van der Waals surface area contributed by atoms with Crippen molar-refractivity contribution in [2.45, 2.75) is 24.9 Å². The summed E-state index contributed by atoms with van der Waals surface area (Å²) < 4.78 is 19.3. The molecule has 3 heteroatoms. The van der Waals surface area contributed by atoms with Gasteiger partial charge in [-0.25, -0.2) is 4.39 Å². The molecule has 0 radical (unpaired) electrons. The first-order valence-electron chi connectivity index (χ1n) is 6.49. The van der Waals surface area contributed by atoms with Crippen molar-refractivity contribution in [1.82, 2.24) is 0 Å².